The number of anilines is 1. The largest absolute Gasteiger partial charge is 0.497 e. The van der Waals surface area contributed by atoms with Gasteiger partial charge in [0, 0.05) is 5.69 Å². The molecular formula is C18H17NO5. The summed E-state index contributed by atoms with van der Waals surface area (Å²) < 4.78 is 10.6. The highest BCUT2D eigenvalue weighted by atomic mass is 16.7. The van der Waals surface area contributed by atoms with Crippen molar-refractivity contribution in [2.75, 3.05) is 12.0 Å². The summed E-state index contributed by atoms with van der Waals surface area (Å²) in [6.45, 7) is 0. The minimum absolute atomic E-state index is 0.574. The van der Waals surface area contributed by atoms with Gasteiger partial charge >= 0.3 is 0 Å². The lowest BCUT2D eigenvalue weighted by Gasteiger charge is -2.47. The van der Waals surface area contributed by atoms with Crippen molar-refractivity contribution < 1.29 is 24.5 Å². The van der Waals surface area contributed by atoms with E-state index in [1.807, 2.05) is 18.2 Å². The summed E-state index contributed by atoms with van der Waals surface area (Å²) >= 11 is 0. The highest BCUT2D eigenvalue weighted by Crippen LogP contribution is 2.50. The average molecular weight is 327 g/mol. The zero-order chi connectivity index (χ0) is 16.9. The second kappa shape index (κ2) is 5.31. The van der Waals surface area contributed by atoms with Crippen LogP contribution in [0.15, 0.2) is 54.6 Å². The van der Waals surface area contributed by atoms with Gasteiger partial charge in [0.25, 0.3) is 11.7 Å². The molecular weight excluding hydrogens is 310 g/mol. The first-order chi connectivity index (χ1) is 11.6. The summed E-state index contributed by atoms with van der Waals surface area (Å²) in [4.78, 5) is 13.8. The number of carbonyl (C=O) groups is 1. The first kappa shape index (κ1) is 15.1. The molecule has 0 saturated carbocycles. The molecule has 24 heavy (non-hydrogen) atoms. The van der Waals surface area contributed by atoms with Crippen LogP contribution < -0.4 is 9.64 Å². The van der Waals surface area contributed by atoms with Crippen molar-refractivity contribution in [1.29, 1.82) is 0 Å². The second-order valence-electron chi connectivity index (χ2n) is 5.95. The quantitative estimate of drug-likeness (QED) is 0.829. The van der Waals surface area contributed by atoms with Crippen molar-refractivity contribution in [1.82, 2.24) is 0 Å². The van der Waals surface area contributed by atoms with Crippen molar-refractivity contribution in [3.8, 4) is 5.75 Å². The van der Waals surface area contributed by atoms with Crippen molar-refractivity contribution in [3.63, 3.8) is 0 Å². The Bertz CT molecular complexity index is 763. The molecule has 0 aliphatic carbocycles. The molecule has 2 aromatic rings. The molecule has 4 atom stereocenters. The van der Waals surface area contributed by atoms with Crippen LogP contribution in [0.4, 0.5) is 5.69 Å². The number of amides is 1. The summed E-state index contributed by atoms with van der Waals surface area (Å²) in [5.41, 5.74) is 1.29. The summed E-state index contributed by atoms with van der Waals surface area (Å²) in [5, 5.41) is 21.2. The molecule has 2 heterocycles. The third kappa shape index (κ3) is 1.97. The first-order valence-corrected chi connectivity index (χ1v) is 7.67. The lowest BCUT2D eigenvalue weighted by atomic mass is 9.88. The van der Waals surface area contributed by atoms with E-state index >= 15 is 0 Å². The number of β-lactam (4-membered cyclic amide) rings is 1. The van der Waals surface area contributed by atoms with E-state index in [-0.39, 0.29) is 0 Å². The zero-order valence-corrected chi connectivity index (χ0v) is 13.0. The van der Waals surface area contributed by atoms with Gasteiger partial charge in [-0.15, -0.1) is 0 Å². The van der Waals surface area contributed by atoms with Gasteiger partial charge in [0.05, 0.1) is 7.11 Å². The number of rotatable bonds is 3. The van der Waals surface area contributed by atoms with Crippen molar-refractivity contribution in [3.05, 3.63) is 60.2 Å². The number of methoxy groups -OCH3 is 1. The van der Waals surface area contributed by atoms with Crippen molar-refractivity contribution >= 4 is 11.6 Å². The third-order valence-corrected chi connectivity index (χ3v) is 4.62. The molecule has 0 spiro atoms. The minimum atomic E-state index is -1.99. The van der Waals surface area contributed by atoms with Crippen LogP contribution in [0.1, 0.15) is 11.7 Å². The number of aliphatic hydroxyl groups excluding tert-OH is 1. The molecule has 2 saturated heterocycles. The Morgan fingerprint density at radius 3 is 2.42 bits per heavy atom. The maximum Gasteiger partial charge on any atom is 0.290 e. The van der Waals surface area contributed by atoms with E-state index in [1.54, 1.807) is 43.5 Å². The molecule has 2 N–H and O–H groups in total. The minimum Gasteiger partial charge on any atom is -0.497 e. The lowest BCUT2D eigenvalue weighted by Crippen LogP contribution is -2.75. The van der Waals surface area contributed by atoms with E-state index in [1.165, 1.54) is 4.90 Å². The van der Waals surface area contributed by atoms with Crippen molar-refractivity contribution in [2.24, 2.45) is 0 Å². The molecule has 2 aliphatic rings. The Hall–Kier alpha value is -2.41. The van der Waals surface area contributed by atoms with Crippen LogP contribution in [0.25, 0.3) is 0 Å². The van der Waals surface area contributed by atoms with Gasteiger partial charge in [-0.2, -0.15) is 0 Å². The highest BCUT2D eigenvalue weighted by Gasteiger charge is 2.71. The van der Waals surface area contributed by atoms with Crippen LogP contribution in [0.2, 0.25) is 0 Å². The number of benzene rings is 2. The fraction of sp³-hybridized carbons (Fsp3) is 0.278. The van der Waals surface area contributed by atoms with E-state index in [9.17, 15) is 15.0 Å². The summed E-state index contributed by atoms with van der Waals surface area (Å²) in [6.07, 6.45) is -1.79. The van der Waals surface area contributed by atoms with Gasteiger partial charge in [0.15, 0.2) is 0 Å². The summed E-state index contributed by atoms with van der Waals surface area (Å²) in [6, 6.07) is 15.1. The third-order valence-electron chi connectivity index (χ3n) is 4.62. The van der Waals surface area contributed by atoms with Crippen LogP contribution in [0.3, 0.4) is 0 Å². The molecule has 0 radical (unpaired) electrons. The molecule has 0 bridgehead atoms. The molecule has 124 valence electrons. The predicted octanol–water partition coefficient (Wildman–Crippen LogP) is 1.23. The molecule has 2 fully saturated rings. The smallest absolute Gasteiger partial charge is 0.290 e. The van der Waals surface area contributed by atoms with Gasteiger partial charge in [0.2, 0.25) is 0 Å². The number of nitrogens with zero attached hydrogens (tertiary/aromatic N) is 1. The normalized spacial score (nSPS) is 31.5. The lowest BCUT2D eigenvalue weighted by molar-refractivity contribution is -0.221. The Balaban J connectivity index is 1.65. The second-order valence-corrected chi connectivity index (χ2v) is 5.95. The molecule has 0 aromatic heterocycles. The molecule has 2 aliphatic heterocycles. The summed E-state index contributed by atoms with van der Waals surface area (Å²) in [7, 11) is 1.56. The Kier molecular flexibility index (Phi) is 3.35. The van der Waals surface area contributed by atoms with Gasteiger partial charge in [-0.3, -0.25) is 9.69 Å². The van der Waals surface area contributed by atoms with Gasteiger partial charge in [-0.25, -0.2) is 0 Å². The number of aliphatic hydroxyl groups is 2. The van der Waals surface area contributed by atoms with E-state index in [2.05, 4.69) is 0 Å². The zero-order valence-electron chi connectivity index (χ0n) is 13.0. The number of hydrogen-bond acceptors (Lipinski definition) is 5. The maximum absolute atomic E-state index is 12.5. The highest BCUT2D eigenvalue weighted by molar-refractivity contribution is 6.07. The number of fused-ring (bicyclic) bond motifs is 1. The Morgan fingerprint density at radius 1 is 1.12 bits per heavy atom. The fourth-order valence-corrected chi connectivity index (χ4v) is 3.40. The van der Waals surface area contributed by atoms with E-state index in [4.69, 9.17) is 9.47 Å². The van der Waals surface area contributed by atoms with E-state index < -0.39 is 29.9 Å². The van der Waals surface area contributed by atoms with Crippen LogP contribution in [0.5, 0.6) is 5.75 Å². The van der Waals surface area contributed by atoms with Gasteiger partial charge in [-0.1, -0.05) is 30.3 Å². The van der Waals surface area contributed by atoms with Gasteiger partial charge < -0.3 is 19.7 Å². The van der Waals surface area contributed by atoms with Crippen LogP contribution in [0, 0.1) is 0 Å². The monoisotopic (exact) mass is 327 g/mol. The summed E-state index contributed by atoms with van der Waals surface area (Å²) in [5.74, 6) is -1.90. The SMILES string of the molecule is COc1ccc(N2C(=O)[C@@]3(O)O[C@H](c4ccccc4)[C@H](O)[C@@H]23)cc1. The van der Waals surface area contributed by atoms with E-state index in [0.717, 1.165) is 5.56 Å². The maximum atomic E-state index is 12.5. The molecule has 1 amide bonds. The van der Waals surface area contributed by atoms with Crippen LogP contribution >= 0.6 is 0 Å². The molecule has 0 unspecified atom stereocenters. The topological polar surface area (TPSA) is 79.2 Å². The molecule has 6 nitrogen and oxygen atoms in total. The Labute approximate surface area is 138 Å². The van der Waals surface area contributed by atoms with Gasteiger partial charge in [0.1, 0.15) is 24.0 Å². The van der Waals surface area contributed by atoms with Crippen molar-refractivity contribution in [2.45, 2.75) is 24.0 Å². The average Bonchev–Trinajstić information content (AvgIpc) is 2.86. The first-order valence-electron chi connectivity index (χ1n) is 7.67. The standard InChI is InChI=1S/C18H17NO5/c1-23-13-9-7-12(8-10-13)19-16-14(20)15(11-5-3-2-4-6-11)24-18(16,22)17(19)21/h2-10,14-16,20,22H,1H3/t14-,15+,16+,18-/m0/s1. The number of carbonyl (C=O) groups excluding carboxylic acids is 1. The Morgan fingerprint density at radius 2 is 1.79 bits per heavy atom. The van der Waals surface area contributed by atoms with E-state index in [0.29, 0.717) is 11.4 Å². The molecule has 2 aromatic carbocycles. The number of ether oxygens (including phenoxy) is 2. The van der Waals surface area contributed by atoms with Gasteiger partial charge in [-0.05, 0) is 29.8 Å². The predicted molar refractivity (Wildman–Crippen MR) is 85.5 cm³/mol. The molecule has 6 heteroatoms. The fourth-order valence-electron chi connectivity index (χ4n) is 3.40. The molecule has 4 rings (SSSR count). The van der Waals surface area contributed by atoms with Crippen LogP contribution in [-0.4, -0.2) is 41.2 Å². The van der Waals surface area contributed by atoms with Crippen LogP contribution in [-0.2, 0) is 9.53 Å². The number of hydrogen-bond donors (Lipinski definition) is 2.